The van der Waals surface area contributed by atoms with Gasteiger partial charge in [-0.3, -0.25) is 24.2 Å². The summed E-state index contributed by atoms with van der Waals surface area (Å²) >= 11 is 0. The summed E-state index contributed by atoms with van der Waals surface area (Å²) in [5, 5.41) is 37.0. The number of aliphatic carboxylic acids is 1. The van der Waals surface area contributed by atoms with Crippen molar-refractivity contribution < 1.29 is 39.3 Å². The highest BCUT2D eigenvalue weighted by Gasteiger charge is 2.40. The molecule has 43 heavy (non-hydrogen) atoms. The molecule has 4 amide bonds. The van der Waals surface area contributed by atoms with Crippen LogP contribution in [0.5, 0.6) is 11.5 Å². The fourth-order valence-corrected chi connectivity index (χ4v) is 4.76. The topological polar surface area (TPSA) is 250 Å². The van der Waals surface area contributed by atoms with E-state index < -0.39 is 59.5 Å². The summed E-state index contributed by atoms with van der Waals surface area (Å²) < 4.78 is 0. The third kappa shape index (κ3) is 9.75. The molecule has 0 aromatic heterocycles. The van der Waals surface area contributed by atoms with Gasteiger partial charge in [-0.1, -0.05) is 27.2 Å². The molecule has 1 unspecified atom stereocenters. The Morgan fingerprint density at radius 2 is 1.74 bits per heavy atom. The van der Waals surface area contributed by atoms with Gasteiger partial charge in [-0.15, -0.1) is 0 Å². The minimum absolute atomic E-state index is 0.0945. The van der Waals surface area contributed by atoms with Crippen molar-refractivity contribution >= 4 is 35.6 Å². The van der Waals surface area contributed by atoms with Crippen molar-refractivity contribution in [2.45, 2.75) is 83.5 Å². The van der Waals surface area contributed by atoms with Crippen LogP contribution in [0, 0.1) is 5.92 Å². The number of guanidine groups is 1. The van der Waals surface area contributed by atoms with E-state index >= 15 is 0 Å². The highest BCUT2D eigenvalue weighted by molar-refractivity contribution is 6.01. The van der Waals surface area contributed by atoms with Crippen LogP contribution >= 0.6 is 0 Å². The molecule has 0 bridgehead atoms. The number of carbonyl (C=O) groups is 5. The molecule has 0 saturated carbocycles. The first-order chi connectivity index (χ1) is 20.3. The number of likely N-dealkylation sites (tertiary alicyclic amines) is 1. The molecule has 1 saturated heterocycles. The number of aliphatic imine (C=N–C) groups is 1. The predicted octanol–water partition coefficient (Wildman–Crippen LogP) is -0.249. The predicted molar refractivity (Wildman–Crippen MR) is 157 cm³/mol. The van der Waals surface area contributed by atoms with Crippen LogP contribution < -0.4 is 27.4 Å². The van der Waals surface area contributed by atoms with Crippen LogP contribution in [0.3, 0.4) is 0 Å². The third-order valence-electron chi connectivity index (χ3n) is 7.43. The van der Waals surface area contributed by atoms with Gasteiger partial charge >= 0.3 is 5.97 Å². The maximum atomic E-state index is 13.8. The van der Waals surface area contributed by atoms with Crippen molar-refractivity contribution in [1.29, 1.82) is 0 Å². The number of amides is 4. The molecular formula is C28H43N7O8. The zero-order valence-corrected chi connectivity index (χ0v) is 24.7. The number of phenols is 2. The molecule has 1 aromatic rings. The normalized spacial score (nSPS) is 17.2. The number of benzene rings is 1. The lowest BCUT2D eigenvalue weighted by atomic mass is 9.97. The monoisotopic (exact) mass is 605 g/mol. The third-order valence-corrected chi connectivity index (χ3v) is 7.43. The van der Waals surface area contributed by atoms with Gasteiger partial charge in [0.05, 0.1) is 5.56 Å². The van der Waals surface area contributed by atoms with E-state index in [1.54, 1.807) is 13.8 Å². The molecule has 0 aliphatic carbocycles. The van der Waals surface area contributed by atoms with E-state index in [4.69, 9.17) is 11.5 Å². The second-order valence-corrected chi connectivity index (χ2v) is 10.5. The van der Waals surface area contributed by atoms with Gasteiger partial charge in [-0.25, -0.2) is 4.79 Å². The van der Waals surface area contributed by atoms with Crippen molar-refractivity contribution in [3.8, 4) is 11.5 Å². The van der Waals surface area contributed by atoms with Gasteiger partial charge in [-0.05, 0) is 56.2 Å². The SMILES string of the molecule is CCC(C)[C@H](NC(=O)[C@@H]1CCCN1C(=O)[C@H](CCCN=C(N)N)NC(=O)c1cc(O)ccc1O)C(=O)N[C@@H](CC)C(=O)O. The van der Waals surface area contributed by atoms with E-state index in [0.29, 0.717) is 25.7 Å². The number of carbonyl (C=O) groups excluding carboxylic acids is 4. The van der Waals surface area contributed by atoms with Crippen molar-refractivity contribution in [2.75, 3.05) is 13.1 Å². The second kappa shape index (κ2) is 16.2. The lowest BCUT2D eigenvalue weighted by Crippen LogP contribution is -2.58. The van der Waals surface area contributed by atoms with E-state index in [2.05, 4.69) is 20.9 Å². The minimum Gasteiger partial charge on any atom is -0.508 e. The average molecular weight is 606 g/mol. The molecule has 1 heterocycles. The number of nitrogens with two attached hydrogens (primary N) is 2. The molecule has 2 rings (SSSR count). The summed E-state index contributed by atoms with van der Waals surface area (Å²) in [6.45, 7) is 5.59. The van der Waals surface area contributed by atoms with E-state index in [9.17, 15) is 39.3 Å². The summed E-state index contributed by atoms with van der Waals surface area (Å²) in [5.74, 6) is -4.91. The van der Waals surface area contributed by atoms with Crippen molar-refractivity contribution in [1.82, 2.24) is 20.9 Å². The van der Waals surface area contributed by atoms with Crippen molar-refractivity contribution in [3.63, 3.8) is 0 Å². The Labute approximate surface area is 250 Å². The molecule has 0 spiro atoms. The first-order valence-corrected chi connectivity index (χ1v) is 14.3. The molecule has 0 radical (unpaired) electrons. The Bertz CT molecular complexity index is 1200. The Kier molecular flexibility index (Phi) is 13.0. The minimum atomic E-state index is -1.19. The maximum absolute atomic E-state index is 13.8. The molecule has 15 nitrogen and oxygen atoms in total. The van der Waals surface area contributed by atoms with Gasteiger partial charge in [0, 0.05) is 13.1 Å². The number of carboxylic acid groups (broad SMARTS) is 1. The van der Waals surface area contributed by atoms with Crippen molar-refractivity contribution in [3.05, 3.63) is 23.8 Å². The van der Waals surface area contributed by atoms with Crippen LogP contribution in [0.25, 0.3) is 0 Å². The van der Waals surface area contributed by atoms with Crippen LogP contribution in [-0.4, -0.2) is 93.0 Å². The molecule has 1 fully saturated rings. The molecule has 10 N–H and O–H groups in total. The van der Waals surface area contributed by atoms with Crippen LogP contribution in [-0.2, 0) is 19.2 Å². The largest absolute Gasteiger partial charge is 0.508 e. The quantitative estimate of drug-likeness (QED) is 0.0563. The summed E-state index contributed by atoms with van der Waals surface area (Å²) in [4.78, 5) is 69.9. The van der Waals surface area contributed by atoms with E-state index in [-0.39, 0.29) is 49.1 Å². The number of rotatable bonds is 15. The highest BCUT2D eigenvalue weighted by Crippen LogP contribution is 2.24. The highest BCUT2D eigenvalue weighted by atomic mass is 16.4. The molecule has 1 aliphatic rings. The summed E-state index contributed by atoms with van der Waals surface area (Å²) in [6, 6.07) is -0.823. The Morgan fingerprint density at radius 3 is 2.35 bits per heavy atom. The fraction of sp³-hybridized carbons (Fsp3) is 0.571. The molecule has 5 atom stereocenters. The van der Waals surface area contributed by atoms with Gasteiger partial charge in [-0.2, -0.15) is 0 Å². The summed E-state index contributed by atoms with van der Waals surface area (Å²) in [5.41, 5.74) is 10.5. The Hall–Kier alpha value is -4.56. The van der Waals surface area contributed by atoms with Gasteiger partial charge in [0.25, 0.3) is 5.91 Å². The first-order valence-electron chi connectivity index (χ1n) is 14.3. The van der Waals surface area contributed by atoms with Crippen LogP contribution in [0.4, 0.5) is 0 Å². The molecule has 15 heteroatoms. The second-order valence-electron chi connectivity index (χ2n) is 10.5. The molecule has 1 aliphatic heterocycles. The number of hydrogen-bond acceptors (Lipinski definition) is 8. The van der Waals surface area contributed by atoms with E-state index in [1.165, 1.54) is 11.0 Å². The Morgan fingerprint density at radius 1 is 1.05 bits per heavy atom. The van der Waals surface area contributed by atoms with E-state index in [0.717, 1.165) is 12.1 Å². The average Bonchev–Trinajstić information content (AvgIpc) is 3.46. The summed E-state index contributed by atoms with van der Waals surface area (Å²) in [7, 11) is 0. The summed E-state index contributed by atoms with van der Waals surface area (Å²) in [6.07, 6.45) is 1.86. The number of nitrogens with one attached hydrogen (secondary N) is 3. The van der Waals surface area contributed by atoms with E-state index in [1.807, 2.05) is 6.92 Å². The number of aromatic hydroxyl groups is 2. The number of carboxylic acids is 1. The smallest absolute Gasteiger partial charge is 0.326 e. The van der Waals surface area contributed by atoms with Gasteiger partial charge in [0.1, 0.15) is 35.7 Å². The number of phenolic OH excluding ortho intramolecular Hbond substituents is 2. The molecule has 1 aromatic carbocycles. The van der Waals surface area contributed by atoms with Crippen LogP contribution in [0.1, 0.15) is 69.7 Å². The molecular weight excluding hydrogens is 562 g/mol. The first kappa shape index (κ1) is 34.6. The molecule has 238 valence electrons. The van der Waals surface area contributed by atoms with Gasteiger partial charge < -0.3 is 47.6 Å². The standard InChI is InChI=1S/C28H43N7O8/c1-4-15(3)22(25(40)32-18(5-2)27(42)43)34-24(39)20-9-7-13-35(20)26(41)19(8-6-12-31-28(29)30)33-23(38)17-14-16(36)10-11-21(17)37/h10-11,14-15,18-20,22,36-37H,4-9,12-13H2,1-3H3,(H,32,40)(H,33,38)(H,34,39)(H,42,43)(H4,29,30,31)/t15?,18-,19-,20-,22-/m0/s1. The van der Waals surface area contributed by atoms with Crippen molar-refractivity contribution in [2.24, 2.45) is 22.4 Å². The van der Waals surface area contributed by atoms with Gasteiger partial charge in [0.2, 0.25) is 17.7 Å². The number of nitrogens with zero attached hydrogens (tertiary/aromatic N) is 2. The van der Waals surface area contributed by atoms with Crippen LogP contribution in [0.15, 0.2) is 23.2 Å². The fourth-order valence-electron chi connectivity index (χ4n) is 4.76. The lowest BCUT2D eigenvalue weighted by Gasteiger charge is -2.31. The maximum Gasteiger partial charge on any atom is 0.326 e. The Balaban J connectivity index is 2.26. The zero-order valence-electron chi connectivity index (χ0n) is 24.7. The lowest BCUT2D eigenvalue weighted by molar-refractivity contribution is -0.143. The zero-order chi connectivity index (χ0) is 32.3. The number of hydrogen-bond donors (Lipinski definition) is 8. The van der Waals surface area contributed by atoms with Gasteiger partial charge in [0.15, 0.2) is 5.96 Å². The van der Waals surface area contributed by atoms with Crippen LogP contribution in [0.2, 0.25) is 0 Å².